The standard InChI is InChI=1S/C16H22O2/c1-3-4-5-9-12-15(16(17)18-2)13-14-10-7-6-8-11-14/h6-8,10-12H,3-5,9,13H2,1-2H3/b15-12+. The second kappa shape index (κ2) is 8.51. The van der Waals surface area contributed by atoms with Gasteiger partial charge in [-0.05, 0) is 18.4 Å². The van der Waals surface area contributed by atoms with E-state index in [1.165, 1.54) is 20.0 Å². The van der Waals surface area contributed by atoms with Gasteiger partial charge < -0.3 is 4.74 Å². The number of hydrogen-bond donors (Lipinski definition) is 0. The third kappa shape index (κ3) is 5.17. The molecule has 0 saturated carbocycles. The molecule has 1 aromatic rings. The molecule has 0 radical (unpaired) electrons. The first-order valence-electron chi connectivity index (χ1n) is 6.59. The number of hydrogen-bond acceptors (Lipinski definition) is 2. The first-order valence-corrected chi connectivity index (χ1v) is 6.59. The summed E-state index contributed by atoms with van der Waals surface area (Å²) in [7, 11) is 1.44. The van der Waals surface area contributed by atoms with Crippen molar-refractivity contribution in [3.8, 4) is 0 Å². The van der Waals surface area contributed by atoms with Crippen LogP contribution in [-0.2, 0) is 16.0 Å². The minimum Gasteiger partial charge on any atom is -0.466 e. The van der Waals surface area contributed by atoms with Crippen LogP contribution < -0.4 is 0 Å². The summed E-state index contributed by atoms with van der Waals surface area (Å²) < 4.78 is 4.83. The van der Waals surface area contributed by atoms with E-state index in [0.717, 1.165) is 24.0 Å². The number of unbranched alkanes of at least 4 members (excludes halogenated alkanes) is 3. The lowest BCUT2D eigenvalue weighted by molar-refractivity contribution is -0.136. The van der Waals surface area contributed by atoms with E-state index < -0.39 is 0 Å². The third-order valence-corrected chi connectivity index (χ3v) is 2.88. The molecule has 0 aromatic heterocycles. The minimum atomic E-state index is -0.213. The Morgan fingerprint density at radius 1 is 1.22 bits per heavy atom. The summed E-state index contributed by atoms with van der Waals surface area (Å²) in [6.07, 6.45) is 7.15. The Hall–Kier alpha value is -1.57. The quantitative estimate of drug-likeness (QED) is 0.414. The van der Waals surface area contributed by atoms with Crippen molar-refractivity contribution in [2.45, 2.75) is 39.0 Å². The number of carbonyl (C=O) groups excluding carboxylic acids is 1. The molecule has 2 nitrogen and oxygen atoms in total. The first-order chi connectivity index (χ1) is 8.77. The van der Waals surface area contributed by atoms with Crippen LogP contribution in [0.3, 0.4) is 0 Å². The molecular formula is C16H22O2. The predicted octanol–water partition coefficient (Wildman–Crippen LogP) is 3.91. The van der Waals surface area contributed by atoms with Gasteiger partial charge in [0.25, 0.3) is 0 Å². The number of methoxy groups -OCH3 is 1. The summed E-state index contributed by atoms with van der Waals surface area (Å²) in [5, 5.41) is 0. The molecule has 0 aliphatic rings. The van der Waals surface area contributed by atoms with Gasteiger partial charge in [-0.1, -0.05) is 56.2 Å². The van der Waals surface area contributed by atoms with Crippen LogP contribution in [0, 0.1) is 0 Å². The van der Waals surface area contributed by atoms with Gasteiger partial charge in [-0.2, -0.15) is 0 Å². The number of benzene rings is 1. The van der Waals surface area contributed by atoms with Gasteiger partial charge in [0.1, 0.15) is 0 Å². The van der Waals surface area contributed by atoms with E-state index in [2.05, 4.69) is 6.92 Å². The molecule has 0 heterocycles. The number of carbonyl (C=O) groups is 1. The second-order valence-electron chi connectivity index (χ2n) is 4.38. The van der Waals surface area contributed by atoms with E-state index in [-0.39, 0.29) is 5.97 Å². The molecule has 0 aliphatic heterocycles. The van der Waals surface area contributed by atoms with Crippen LogP contribution in [0.15, 0.2) is 42.0 Å². The highest BCUT2D eigenvalue weighted by atomic mass is 16.5. The Balaban J connectivity index is 2.64. The van der Waals surface area contributed by atoms with Gasteiger partial charge in [0, 0.05) is 12.0 Å². The van der Waals surface area contributed by atoms with Gasteiger partial charge in [0.05, 0.1) is 7.11 Å². The van der Waals surface area contributed by atoms with Gasteiger partial charge in [0.15, 0.2) is 0 Å². The molecule has 18 heavy (non-hydrogen) atoms. The fourth-order valence-electron chi connectivity index (χ4n) is 1.85. The van der Waals surface area contributed by atoms with E-state index in [1.54, 1.807) is 0 Å². The van der Waals surface area contributed by atoms with Crippen molar-refractivity contribution in [2.75, 3.05) is 7.11 Å². The maximum absolute atomic E-state index is 11.7. The lowest BCUT2D eigenvalue weighted by Gasteiger charge is -2.06. The highest BCUT2D eigenvalue weighted by molar-refractivity contribution is 5.88. The smallest absolute Gasteiger partial charge is 0.333 e. The largest absolute Gasteiger partial charge is 0.466 e. The molecule has 0 amide bonds. The molecule has 0 bridgehead atoms. The van der Waals surface area contributed by atoms with Crippen LogP contribution >= 0.6 is 0 Å². The van der Waals surface area contributed by atoms with E-state index in [9.17, 15) is 4.79 Å². The molecule has 98 valence electrons. The molecule has 2 heteroatoms. The molecule has 0 saturated heterocycles. The second-order valence-corrected chi connectivity index (χ2v) is 4.38. The van der Waals surface area contributed by atoms with E-state index >= 15 is 0 Å². The summed E-state index contributed by atoms with van der Waals surface area (Å²) in [4.78, 5) is 11.7. The average molecular weight is 246 g/mol. The Morgan fingerprint density at radius 3 is 2.56 bits per heavy atom. The fourth-order valence-corrected chi connectivity index (χ4v) is 1.85. The molecule has 0 aliphatic carbocycles. The highest BCUT2D eigenvalue weighted by Gasteiger charge is 2.09. The summed E-state index contributed by atoms with van der Waals surface area (Å²) in [6.45, 7) is 2.18. The van der Waals surface area contributed by atoms with E-state index in [1.807, 2.05) is 36.4 Å². The molecule has 0 fully saturated rings. The van der Waals surface area contributed by atoms with E-state index in [0.29, 0.717) is 6.42 Å². The monoisotopic (exact) mass is 246 g/mol. The van der Waals surface area contributed by atoms with Crippen LogP contribution in [0.4, 0.5) is 0 Å². The molecular weight excluding hydrogens is 224 g/mol. The number of allylic oxidation sites excluding steroid dienone is 1. The Morgan fingerprint density at radius 2 is 1.94 bits per heavy atom. The lowest BCUT2D eigenvalue weighted by Crippen LogP contribution is -2.07. The summed E-state index contributed by atoms with van der Waals surface area (Å²) in [6, 6.07) is 10.0. The number of ether oxygens (including phenoxy) is 1. The first kappa shape index (κ1) is 14.5. The Bertz CT molecular complexity index is 379. The van der Waals surface area contributed by atoms with Crippen molar-refractivity contribution in [3.05, 3.63) is 47.5 Å². The molecule has 0 atom stereocenters. The van der Waals surface area contributed by atoms with Gasteiger partial charge in [0.2, 0.25) is 0 Å². The zero-order valence-electron chi connectivity index (χ0n) is 11.3. The van der Waals surface area contributed by atoms with Gasteiger partial charge >= 0.3 is 5.97 Å². The maximum Gasteiger partial charge on any atom is 0.333 e. The average Bonchev–Trinajstić information content (AvgIpc) is 2.42. The van der Waals surface area contributed by atoms with Crippen LogP contribution in [0.5, 0.6) is 0 Å². The zero-order chi connectivity index (χ0) is 13.2. The topological polar surface area (TPSA) is 26.3 Å². The Kier molecular flexibility index (Phi) is 6.85. The van der Waals surface area contributed by atoms with Gasteiger partial charge in [-0.25, -0.2) is 4.79 Å². The molecule has 0 spiro atoms. The summed E-state index contributed by atoms with van der Waals surface area (Å²) in [5.41, 5.74) is 1.91. The third-order valence-electron chi connectivity index (χ3n) is 2.88. The van der Waals surface area contributed by atoms with Crippen molar-refractivity contribution in [1.82, 2.24) is 0 Å². The maximum atomic E-state index is 11.7. The normalized spacial score (nSPS) is 11.3. The van der Waals surface area contributed by atoms with Crippen LogP contribution in [-0.4, -0.2) is 13.1 Å². The van der Waals surface area contributed by atoms with Crippen molar-refractivity contribution in [1.29, 1.82) is 0 Å². The highest BCUT2D eigenvalue weighted by Crippen LogP contribution is 2.12. The SMILES string of the molecule is CCCCC/C=C(\Cc1ccccc1)C(=O)OC. The van der Waals surface area contributed by atoms with Crippen LogP contribution in [0.1, 0.15) is 38.2 Å². The van der Waals surface area contributed by atoms with Crippen molar-refractivity contribution in [3.63, 3.8) is 0 Å². The van der Waals surface area contributed by atoms with Gasteiger partial charge in [-0.15, -0.1) is 0 Å². The lowest BCUT2D eigenvalue weighted by atomic mass is 10.0. The van der Waals surface area contributed by atoms with Crippen molar-refractivity contribution in [2.24, 2.45) is 0 Å². The summed E-state index contributed by atoms with van der Waals surface area (Å²) >= 11 is 0. The van der Waals surface area contributed by atoms with Crippen molar-refractivity contribution >= 4 is 5.97 Å². The molecule has 0 N–H and O–H groups in total. The number of rotatable bonds is 7. The number of esters is 1. The van der Waals surface area contributed by atoms with Crippen LogP contribution in [0.2, 0.25) is 0 Å². The molecule has 0 unspecified atom stereocenters. The fraction of sp³-hybridized carbons (Fsp3) is 0.438. The van der Waals surface area contributed by atoms with Crippen molar-refractivity contribution < 1.29 is 9.53 Å². The van der Waals surface area contributed by atoms with Crippen LogP contribution in [0.25, 0.3) is 0 Å². The zero-order valence-corrected chi connectivity index (χ0v) is 11.3. The minimum absolute atomic E-state index is 0.213. The summed E-state index contributed by atoms with van der Waals surface area (Å²) in [5.74, 6) is -0.213. The molecule has 1 rings (SSSR count). The van der Waals surface area contributed by atoms with E-state index in [4.69, 9.17) is 4.74 Å². The predicted molar refractivity (Wildman–Crippen MR) is 74.4 cm³/mol. The molecule has 1 aromatic carbocycles. The van der Waals surface area contributed by atoms with Gasteiger partial charge in [-0.3, -0.25) is 0 Å². The Labute approximate surface area is 110 Å².